The van der Waals surface area contributed by atoms with Gasteiger partial charge >= 0.3 is 0 Å². The molecule has 4 fully saturated rings. The van der Waals surface area contributed by atoms with Crippen molar-refractivity contribution >= 4 is 29.4 Å². The van der Waals surface area contributed by atoms with Crippen LogP contribution in [0.5, 0.6) is 10.9 Å². The summed E-state index contributed by atoms with van der Waals surface area (Å²) in [6.45, 7) is 3.41. The quantitative estimate of drug-likeness (QED) is 0.224. The number of aryl methyl sites for hydroxylation is 1. The third-order valence-electron chi connectivity index (χ3n) is 10.5. The summed E-state index contributed by atoms with van der Waals surface area (Å²) < 4.78 is 16.1. The van der Waals surface area contributed by atoms with E-state index in [1.807, 2.05) is 12.3 Å². The van der Waals surface area contributed by atoms with Crippen molar-refractivity contribution in [3.05, 3.63) is 59.8 Å². The minimum Gasteiger partial charge on any atom is -0.496 e. The minimum atomic E-state index is -0.0790. The predicted molar refractivity (Wildman–Crippen MR) is 169 cm³/mol. The molecule has 0 atom stereocenters. The lowest BCUT2D eigenvalue weighted by Gasteiger charge is -2.55. The lowest BCUT2D eigenvalue weighted by Crippen LogP contribution is -2.51. The van der Waals surface area contributed by atoms with Gasteiger partial charge < -0.3 is 19.1 Å². The summed E-state index contributed by atoms with van der Waals surface area (Å²) >= 11 is 1.51. The van der Waals surface area contributed by atoms with E-state index in [0.717, 1.165) is 92.6 Å². The second-order valence-corrected chi connectivity index (χ2v) is 13.8. The van der Waals surface area contributed by atoms with Crippen LogP contribution in [-0.4, -0.2) is 44.2 Å². The fourth-order valence-corrected chi connectivity index (χ4v) is 8.56. The highest BCUT2D eigenvalue weighted by atomic mass is 32.1. The average Bonchev–Trinajstić information content (AvgIpc) is 3.55. The molecule has 228 valence electrons. The molecule has 4 aliphatic carbocycles. The number of methoxy groups -OCH3 is 2. The van der Waals surface area contributed by atoms with Crippen molar-refractivity contribution in [3.8, 4) is 21.4 Å². The number of thiazole rings is 1. The molecule has 1 heterocycles. The molecule has 3 aromatic rings. The number of hydrogen-bond donors (Lipinski definition) is 0. The van der Waals surface area contributed by atoms with Crippen molar-refractivity contribution < 1.29 is 23.8 Å². The Morgan fingerprint density at radius 2 is 1.74 bits per heavy atom. The molecule has 0 aliphatic heterocycles. The zero-order valence-corrected chi connectivity index (χ0v) is 26.3. The molecule has 4 aliphatic rings. The number of amides is 1. The van der Waals surface area contributed by atoms with Crippen molar-refractivity contribution in [2.75, 3.05) is 25.7 Å². The first-order valence-corrected chi connectivity index (χ1v) is 16.4. The molecule has 8 heteroatoms. The summed E-state index contributed by atoms with van der Waals surface area (Å²) in [6, 6.07) is 15.1. The Labute approximate surface area is 258 Å². The Morgan fingerprint density at radius 3 is 2.37 bits per heavy atom. The van der Waals surface area contributed by atoms with Crippen LogP contribution in [-0.2, 0) is 19.7 Å². The van der Waals surface area contributed by atoms with Gasteiger partial charge in [0.15, 0.2) is 0 Å². The fraction of sp³-hybridized carbons (Fsp3) is 0.514. The first-order chi connectivity index (χ1) is 20.9. The summed E-state index contributed by atoms with van der Waals surface area (Å²) in [5, 5.41) is 0.626. The van der Waals surface area contributed by atoms with Crippen LogP contribution < -0.4 is 14.4 Å². The third kappa shape index (κ3) is 5.91. The lowest BCUT2D eigenvalue weighted by atomic mass is 9.51. The van der Waals surface area contributed by atoms with Crippen molar-refractivity contribution in [2.45, 2.75) is 82.7 Å². The molecule has 0 N–H and O–H groups in total. The molecular weight excluding hydrogens is 560 g/mol. The van der Waals surface area contributed by atoms with Crippen LogP contribution in [0.2, 0.25) is 0 Å². The van der Waals surface area contributed by atoms with E-state index in [-0.39, 0.29) is 28.8 Å². The first-order valence-electron chi connectivity index (χ1n) is 15.5. The van der Waals surface area contributed by atoms with Gasteiger partial charge in [-0.2, -0.15) is 0 Å². The Kier molecular flexibility index (Phi) is 8.49. The highest BCUT2D eigenvalue weighted by Gasteiger charge is 2.50. The molecule has 0 unspecified atom stereocenters. The van der Waals surface area contributed by atoms with E-state index < -0.39 is 0 Å². The number of rotatable bonds is 10. The highest BCUT2D eigenvalue weighted by Crippen LogP contribution is 2.58. The van der Waals surface area contributed by atoms with E-state index in [4.69, 9.17) is 14.2 Å². The number of ether oxygens (including phenoxy) is 3. The Bertz CT molecular complexity index is 1440. The molecule has 2 aromatic carbocycles. The number of benzene rings is 2. The van der Waals surface area contributed by atoms with Gasteiger partial charge in [0.2, 0.25) is 5.91 Å². The third-order valence-corrected chi connectivity index (χ3v) is 11.5. The number of nitrogens with zero attached hydrogens (tertiary/aromatic N) is 2. The van der Waals surface area contributed by atoms with E-state index >= 15 is 0 Å². The molecule has 1 aromatic heterocycles. The number of carbonyl (C=O) groups excluding carboxylic acids is 2. The molecule has 0 saturated heterocycles. The SMILES string of the molecule is COc1ncc(-c2cccc(N(CC34CCC(c5ccc(OC)c(C)c5)(CC3)CC4)C(=O)C3CCC(OC=O)CC3)c2)s1. The number of hydrogen-bond acceptors (Lipinski definition) is 7. The van der Waals surface area contributed by atoms with E-state index in [9.17, 15) is 9.59 Å². The van der Waals surface area contributed by atoms with E-state index in [1.165, 1.54) is 22.5 Å². The topological polar surface area (TPSA) is 78.0 Å². The summed E-state index contributed by atoms with van der Waals surface area (Å²) in [5.41, 5.74) is 4.95. The van der Waals surface area contributed by atoms with Gasteiger partial charge in [0.1, 0.15) is 11.9 Å². The van der Waals surface area contributed by atoms with Crippen LogP contribution in [0.25, 0.3) is 10.4 Å². The number of carbonyl (C=O) groups is 2. The summed E-state index contributed by atoms with van der Waals surface area (Å²) in [7, 11) is 3.36. The monoisotopic (exact) mass is 602 g/mol. The van der Waals surface area contributed by atoms with E-state index in [2.05, 4.69) is 53.2 Å². The molecule has 1 amide bonds. The predicted octanol–water partition coefficient (Wildman–Crippen LogP) is 7.49. The zero-order chi connectivity index (χ0) is 30.0. The normalized spacial score (nSPS) is 26.5. The second kappa shape index (κ2) is 12.3. The van der Waals surface area contributed by atoms with Crippen LogP contribution >= 0.6 is 11.3 Å². The van der Waals surface area contributed by atoms with Crippen molar-refractivity contribution in [2.24, 2.45) is 11.3 Å². The van der Waals surface area contributed by atoms with Crippen LogP contribution in [0.3, 0.4) is 0 Å². The van der Waals surface area contributed by atoms with Crippen LogP contribution in [0.4, 0.5) is 5.69 Å². The van der Waals surface area contributed by atoms with Gasteiger partial charge in [0, 0.05) is 24.3 Å². The molecule has 2 bridgehead atoms. The van der Waals surface area contributed by atoms with Gasteiger partial charge in [-0.1, -0.05) is 35.6 Å². The summed E-state index contributed by atoms with van der Waals surface area (Å²) in [6.07, 6.45) is 11.5. The summed E-state index contributed by atoms with van der Waals surface area (Å²) in [5.74, 6) is 1.08. The molecule has 0 radical (unpaired) electrons. The first kappa shape index (κ1) is 29.7. The van der Waals surface area contributed by atoms with Gasteiger partial charge in [-0.15, -0.1) is 0 Å². The highest BCUT2D eigenvalue weighted by molar-refractivity contribution is 7.16. The molecule has 7 nitrogen and oxygen atoms in total. The van der Waals surface area contributed by atoms with Crippen molar-refractivity contribution in [1.82, 2.24) is 4.98 Å². The molecule has 43 heavy (non-hydrogen) atoms. The fourth-order valence-electron chi connectivity index (χ4n) is 7.83. The Balaban J connectivity index is 1.25. The van der Waals surface area contributed by atoms with E-state index in [0.29, 0.717) is 11.7 Å². The molecule has 4 saturated carbocycles. The largest absolute Gasteiger partial charge is 0.496 e. The molecule has 7 rings (SSSR count). The Morgan fingerprint density at radius 1 is 1.00 bits per heavy atom. The van der Waals surface area contributed by atoms with Gasteiger partial charge in [-0.05, 0) is 117 Å². The van der Waals surface area contributed by atoms with Crippen molar-refractivity contribution in [1.29, 1.82) is 0 Å². The average molecular weight is 603 g/mol. The van der Waals surface area contributed by atoms with Gasteiger partial charge in [-0.25, -0.2) is 4.98 Å². The van der Waals surface area contributed by atoms with Gasteiger partial charge in [0.25, 0.3) is 11.7 Å². The van der Waals surface area contributed by atoms with Gasteiger partial charge in [-0.3, -0.25) is 9.59 Å². The second-order valence-electron chi connectivity index (χ2n) is 12.8. The Hall–Kier alpha value is -3.39. The minimum absolute atomic E-state index is 0.0661. The summed E-state index contributed by atoms with van der Waals surface area (Å²) in [4.78, 5) is 32.7. The van der Waals surface area contributed by atoms with Crippen molar-refractivity contribution in [3.63, 3.8) is 0 Å². The smallest absolute Gasteiger partial charge is 0.293 e. The number of fused-ring (bicyclic) bond motifs is 3. The van der Waals surface area contributed by atoms with Gasteiger partial charge in [0.05, 0.1) is 19.1 Å². The molecular formula is C35H42N2O5S. The lowest BCUT2D eigenvalue weighted by molar-refractivity contribution is -0.136. The van der Waals surface area contributed by atoms with E-state index in [1.54, 1.807) is 14.2 Å². The standard InChI is InChI=1S/C35H42N2O5S/c1-24-19-27(9-12-30(24)40-2)35-16-13-34(14-17-35,15-18-35)22-37(32(39)25-7-10-29(11-8-25)42-23-38)28-6-4-5-26(20-28)31-21-36-33(41-3)43-31/h4-6,9,12,19-21,23,25,29H,7-8,10-11,13-18,22H2,1-3H3. The maximum atomic E-state index is 14.4. The van der Waals surface area contributed by atoms with Crippen LogP contribution in [0.1, 0.15) is 75.3 Å². The number of aromatic nitrogens is 1. The number of anilines is 1. The van der Waals surface area contributed by atoms with Crippen LogP contribution in [0, 0.1) is 18.3 Å². The maximum absolute atomic E-state index is 14.4. The maximum Gasteiger partial charge on any atom is 0.293 e. The molecule has 0 spiro atoms. The van der Waals surface area contributed by atoms with Crippen LogP contribution in [0.15, 0.2) is 48.7 Å². The zero-order valence-electron chi connectivity index (χ0n) is 25.5.